The fourth-order valence-corrected chi connectivity index (χ4v) is 2.17. The van der Waals surface area contributed by atoms with E-state index in [2.05, 4.69) is 10.2 Å². The van der Waals surface area contributed by atoms with E-state index >= 15 is 0 Å². The van der Waals surface area contributed by atoms with Crippen LogP contribution in [0.1, 0.15) is 30.3 Å². The Morgan fingerprint density at radius 3 is 3.19 bits per heavy atom. The fraction of sp³-hybridized carbons (Fsp3) is 0.636. The molecule has 88 valence electrons. The van der Waals surface area contributed by atoms with Crippen molar-refractivity contribution in [3.05, 3.63) is 18.0 Å². The summed E-state index contributed by atoms with van der Waals surface area (Å²) in [6.07, 6.45) is 3.75. The summed E-state index contributed by atoms with van der Waals surface area (Å²) in [4.78, 5) is 13.9. The Morgan fingerprint density at radius 1 is 1.75 bits per heavy atom. The number of nitrogens with two attached hydrogens (primary N) is 1. The molecule has 3 N–H and O–H groups in total. The van der Waals surface area contributed by atoms with Crippen molar-refractivity contribution in [2.45, 2.75) is 25.8 Å². The minimum Gasteiger partial charge on any atom is -0.337 e. The Balaban J connectivity index is 2.02. The molecule has 0 bridgehead atoms. The van der Waals surface area contributed by atoms with Gasteiger partial charge in [-0.3, -0.25) is 9.89 Å². The molecular weight excluding hydrogens is 204 g/mol. The average molecular weight is 222 g/mol. The van der Waals surface area contributed by atoms with E-state index in [0.29, 0.717) is 11.6 Å². The summed E-state index contributed by atoms with van der Waals surface area (Å²) in [6, 6.07) is 1.86. The Labute approximate surface area is 95.0 Å². The molecule has 0 saturated carbocycles. The largest absolute Gasteiger partial charge is 0.337 e. The first-order chi connectivity index (χ1) is 7.68. The standard InChI is InChI=1S/C11H18N4O/c1-8(12)9-3-2-6-15(7-9)11(16)10-4-5-13-14-10/h4-5,8-9H,2-3,6-7,12H2,1H3,(H,13,14). The zero-order valence-electron chi connectivity index (χ0n) is 9.52. The zero-order valence-corrected chi connectivity index (χ0v) is 9.52. The van der Waals surface area contributed by atoms with Gasteiger partial charge in [-0.05, 0) is 31.7 Å². The highest BCUT2D eigenvalue weighted by atomic mass is 16.2. The lowest BCUT2D eigenvalue weighted by Crippen LogP contribution is -2.45. The van der Waals surface area contributed by atoms with Crippen molar-refractivity contribution in [1.82, 2.24) is 15.1 Å². The summed E-state index contributed by atoms with van der Waals surface area (Å²) in [6.45, 7) is 3.59. The molecule has 1 aromatic heterocycles. The molecule has 2 unspecified atom stereocenters. The number of rotatable bonds is 2. The van der Waals surface area contributed by atoms with Gasteiger partial charge in [0.15, 0.2) is 0 Å². The lowest BCUT2D eigenvalue weighted by atomic mass is 9.92. The number of nitrogens with one attached hydrogen (secondary N) is 1. The molecule has 1 aromatic rings. The van der Waals surface area contributed by atoms with Gasteiger partial charge in [0, 0.05) is 25.3 Å². The molecule has 1 aliphatic heterocycles. The van der Waals surface area contributed by atoms with Crippen LogP contribution in [0.4, 0.5) is 0 Å². The number of aromatic nitrogens is 2. The lowest BCUT2D eigenvalue weighted by Gasteiger charge is -2.34. The molecule has 0 spiro atoms. The van der Waals surface area contributed by atoms with Crippen LogP contribution in [-0.2, 0) is 0 Å². The van der Waals surface area contributed by atoms with Crippen molar-refractivity contribution in [3.63, 3.8) is 0 Å². The normalized spacial score (nSPS) is 23.1. The number of likely N-dealkylation sites (tertiary alicyclic amines) is 1. The van der Waals surface area contributed by atoms with Gasteiger partial charge in [0.25, 0.3) is 5.91 Å². The Bertz CT molecular complexity index is 347. The molecular formula is C11H18N4O. The van der Waals surface area contributed by atoms with Crippen LogP contribution in [0.25, 0.3) is 0 Å². The fourth-order valence-electron chi connectivity index (χ4n) is 2.17. The number of carbonyl (C=O) groups is 1. The second-order valence-corrected chi connectivity index (χ2v) is 4.48. The van der Waals surface area contributed by atoms with Crippen molar-refractivity contribution < 1.29 is 4.79 Å². The van der Waals surface area contributed by atoms with Gasteiger partial charge in [0.1, 0.15) is 5.69 Å². The van der Waals surface area contributed by atoms with E-state index in [4.69, 9.17) is 5.73 Å². The second kappa shape index (κ2) is 4.65. The number of hydrogen-bond donors (Lipinski definition) is 2. The van der Waals surface area contributed by atoms with Gasteiger partial charge >= 0.3 is 0 Å². The van der Waals surface area contributed by atoms with E-state index in [-0.39, 0.29) is 11.9 Å². The summed E-state index contributed by atoms with van der Waals surface area (Å²) in [5, 5.41) is 6.50. The van der Waals surface area contributed by atoms with E-state index in [1.807, 2.05) is 11.8 Å². The molecule has 5 heteroatoms. The number of hydrogen-bond acceptors (Lipinski definition) is 3. The van der Waals surface area contributed by atoms with Crippen molar-refractivity contribution >= 4 is 5.91 Å². The van der Waals surface area contributed by atoms with Crippen LogP contribution in [0, 0.1) is 5.92 Å². The molecule has 2 heterocycles. The van der Waals surface area contributed by atoms with Gasteiger partial charge in [-0.1, -0.05) is 0 Å². The van der Waals surface area contributed by atoms with Crippen molar-refractivity contribution in [3.8, 4) is 0 Å². The second-order valence-electron chi connectivity index (χ2n) is 4.48. The minimum absolute atomic E-state index is 0.0304. The van der Waals surface area contributed by atoms with E-state index in [0.717, 1.165) is 25.9 Å². The maximum atomic E-state index is 12.0. The summed E-state index contributed by atoms with van der Waals surface area (Å²) in [5.74, 6) is 0.448. The SMILES string of the molecule is CC(N)C1CCCN(C(=O)c2ccn[nH]2)C1. The molecule has 2 rings (SSSR count). The Morgan fingerprint density at radius 2 is 2.56 bits per heavy atom. The van der Waals surface area contributed by atoms with Crippen LogP contribution in [0.15, 0.2) is 12.3 Å². The third-order valence-electron chi connectivity index (χ3n) is 3.22. The molecule has 1 fully saturated rings. The molecule has 1 amide bonds. The molecule has 0 radical (unpaired) electrons. The summed E-state index contributed by atoms with van der Waals surface area (Å²) < 4.78 is 0. The van der Waals surface area contributed by atoms with E-state index < -0.39 is 0 Å². The summed E-state index contributed by atoms with van der Waals surface area (Å²) >= 11 is 0. The van der Waals surface area contributed by atoms with Gasteiger partial charge in [-0.2, -0.15) is 5.10 Å². The molecule has 5 nitrogen and oxygen atoms in total. The summed E-state index contributed by atoms with van der Waals surface area (Å²) in [5.41, 5.74) is 6.45. The van der Waals surface area contributed by atoms with Gasteiger partial charge in [-0.25, -0.2) is 0 Å². The molecule has 1 aliphatic rings. The zero-order chi connectivity index (χ0) is 11.5. The number of amides is 1. The van der Waals surface area contributed by atoms with Gasteiger partial charge in [0.2, 0.25) is 0 Å². The average Bonchev–Trinajstić information content (AvgIpc) is 2.81. The van der Waals surface area contributed by atoms with E-state index in [1.165, 1.54) is 0 Å². The first-order valence-corrected chi connectivity index (χ1v) is 5.72. The molecule has 0 aromatic carbocycles. The smallest absolute Gasteiger partial charge is 0.271 e. The lowest BCUT2D eigenvalue weighted by molar-refractivity contribution is 0.0655. The Kier molecular flexibility index (Phi) is 3.24. The van der Waals surface area contributed by atoms with Crippen molar-refractivity contribution in [2.24, 2.45) is 11.7 Å². The van der Waals surface area contributed by atoms with Crippen LogP contribution in [0.5, 0.6) is 0 Å². The number of H-pyrrole nitrogens is 1. The van der Waals surface area contributed by atoms with Crippen LogP contribution in [0.3, 0.4) is 0 Å². The maximum absolute atomic E-state index is 12.0. The molecule has 1 saturated heterocycles. The molecule has 2 atom stereocenters. The topological polar surface area (TPSA) is 75.0 Å². The highest BCUT2D eigenvalue weighted by Gasteiger charge is 2.26. The predicted octanol–water partition coefficient (Wildman–Crippen LogP) is 0.609. The minimum atomic E-state index is 0.0304. The highest BCUT2D eigenvalue weighted by Crippen LogP contribution is 2.19. The van der Waals surface area contributed by atoms with Crippen LogP contribution in [-0.4, -0.2) is 40.1 Å². The summed E-state index contributed by atoms with van der Waals surface area (Å²) in [7, 11) is 0. The number of piperidine rings is 1. The monoisotopic (exact) mass is 222 g/mol. The third-order valence-corrected chi connectivity index (χ3v) is 3.22. The Hall–Kier alpha value is -1.36. The first-order valence-electron chi connectivity index (χ1n) is 5.72. The van der Waals surface area contributed by atoms with Crippen molar-refractivity contribution in [1.29, 1.82) is 0 Å². The quantitative estimate of drug-likeness (QED) is 0.769. The van der Waals surface area contributed by atoms with E-state index in [9.17, 15) is 4.79 Å². The first kappa shape index (κ1) is 11.1. The van der Waals surface area contributed by atoms with Crippen LogP contribution < -0.4 is 5.73 Å². The van der Waals surface area contributed by atoms with Crippen LogP contribution in [0.2, 0.25) is 0 Å². The van der Waals surface area contributed by atoms with Crippen molar-refractivity contribution in [2.75, 3.05) is 13.1 Å². The number of carbonyl (C=O) groups excluding carboxylic acids is 1. The predicted molar refractivity (Wildman–Crippen MR) is 60.9 cm³/mol. The van der Waals surface area contributed by atoms with Gasteiger partial charge in [0.05, 0.1) is 0 Å². The highest BCUT2D eigenvalue weighted by molar-refractivity contribution is 5.92. The van der Waals surface area contributed by atoms with Gasteiger partial charge < -0.3 is 10.6 Å². The van der Waals surface area contributed by atoms with E-state index in [1.54, 1.807) is 12.3 Å². The molecule has 0 aliphatic carbocycles. The number of nitrogens with zero attached hydrogens (tertiary/aromatic N) is 2. The van der Waals surface area contributed by atoms with Gasteiger partial charge in [-0.15, -0.1) is 0 Å². The van der Waals surface area contributed by atoms with Crippen LogP contribution >= 0.6 is 0 Å². The number of aromatic amines is 1. The molecule has 16 heavy (non-hydrogen) atoms. The third kappa shape index (κ3) is 2.24. The maximum Gasteiger partial charge on any atom is 0.271 e.